The number of amides is 4. The molecule has 0 unspecified atom stereocenters. The molecule has 0 saturated carbocycles. The molecule has 0 radical (unpaired) electrons. The van der Waals surface area contributed by atoms with Crippen LogP contribution in [-0.4, -0.2) is 93.9 Å². The topological polar surface area (TPSA) is 150 Å². The van der Waals surface area contributed by atoms with Gasteiger partial charge in [-0.05, 0) is 31.7 Å². The largest absolute Gasteiger partial charge is 0.482 e. The molecule has 3 N–H and O–H groups in total. The number of fused-ring (bicyclic) bond motifs is 2. The van der Waals surface area contributed by atoms with Gasteiger partial charge in [-0.1, -0.05) is 6.07 Å². The maximum Gasteiger partial charge on any atom is 0.270 e. The lowest BCUT2D eigenvalue weighted by atomic mass is 10.1. The first kappa shape index (κ1) is 26.0. The summed E-state index contributed by atoms with van der Waals surface area (Å²) in [5.41, 5.74) is 0.483. The Morgan fingerprint density at radius 2 is 1.92 bits per heavy atom. The summed E-state index contributed by atoms with van der Waals surface area (Å²) >= 11 is 0. The van der Waals surface area contributed by atoms with Crippen molar-refractivity contribution in [2.24, 2.45) is 0 Å². The number of anilines is 1. The van der Waals surface area contributed by atoms with E-state index in [1.54, 1.807) is 30.0 Å². The van der Waals surface area contributed by atoms with E-state index in [1.807, 2.05) is 7.05 Å². The number of carbonyl (C=O) groups excluding carboxylic acids is 4. The number of piperazine rings is 1. The molecule has 1 aromatic carbocycles. The lowest BCUT2D eigenvalue weighted by Gasteiger charge is -2.34. The minimum Gasteiger partial charge on any atom is -0.482 e. The zero-order valence-corrected chi connectivity index (χ0v) is 21.4. The van der Waals surface area contributed by atoms with Crippen LogP contribution in [-0.2, 0) is 16.1 Å². The van der Waals surface area contributed by atoms with Crippen LogP contribution < -0.4 is 20.7 Å². The van der Waals surface area contributed by atoms with Crippen LogP contribution in [0.15, 0.2) is 30.5 Å². The van der Waals surface area contributed by atoms with Crippen molar-refractivity contribution in [2.75, 3.05) is 45.2 Å². The van der Waals surface area contributed by atoms with Gasteiger partial charge in [-0.15, -0.1) is 0 Å². The molecule has 1 saturated heterocycles. The van der Waals surface area contributed by atoms with Crippen LogP contribution in [0.25, 0.3) is 5.65 Å². The molecule has 14 heteroatoms. The standard InChI is InChI=1S/C25H27FN8O5/c1-14(25(38)33-7-5-32(2)6-8-33)29-24(37)19-10-18(31-22-16(26)12-28-34(19)22)23(36)27-11-15-3-4-20-17(9-15)30-21(35)13-39-20/h3-4,9-10,12,14H,5-8,11,13H2,1-2H3,(H,27,36)(H,29,37)(H,30,35)/t14-/m0/s1. The fourth-order valence-electron chi connectivity index (χ4n) is 4.36. The van der Waals surface area contributed by atoms with Gasteiger partial charge in [0.25, 0.3) is 17.7 Å². The lowest BCUT2D eigenvalue weighted by Crippen LogP contribution is -2.53. The van der Waals surface area contributed by atoms with Crippen molar-refractivity contribution in [3.63, 3.8) is 0 Å². The first-order valence-electron chi connectivity index (χ1n) is 12.4. The molecule has 0 bridgehead atoms. The zero-order valence-electron chi connectivity index (χ0n) is 21.4. The van der Waals surface area contributed by atoms with Crippen LogP contribution >= 0.6 is 0 Å². The number of likely N-dealkylation sites (N-methyl/N-ethyl adjacent to an activating group) is 1. The predicted molar refractivity (Wildman–Crippen MR) is 136 cm³/mol. The SMILES string of the molecule is C[C@H](NC(=O)c1cc(C(=O)NCc2ccc3c(c2)NC(=O)CO3)nc2c(F)cnn12)C(=O)N1CCN(C)CC1. The van der Waals surface area contributed by atoms with Gasteiger partial charge in [0, 0.05) is 38.8 Å². The van der Waals surface area contributed by atoms with E-state index in [-0.39, 0.29) is 42.0 Å². The summed E-state index contributed by atoms with van der Waals surface area (Å²) in [6, 6.07) is 5.40. The van der Waals surface area contributed by atoms with Gasteiger partial charge in [0.1, 0.15) is 23.2 Å². The second kappa shape index (κ2) is 10.6. The van der Waals surface area contributed by atoms with Gasteiger partial charge in [-0.3, -0.25) is 19.2 Å². The molecular formula is C25H27FN8O5. The van der Waals surface area contributed by atoms with Crippen LogP contribution in [0.4, 0.5) is 10.1 Å². The van der Waals surface area contributed by atoms with E-state index >= 15 is 0 Å². The molecule has 39 heavy (non-hydrogen) atoms. The van der Waals surface area contributed by atoms with Crippen molar-refractivity contribution in [1.29, 1.82) is 0 Å². The monoisotopic (exact) mass is 538 g/mol. The maximum absolute atomic E-state index is 14.4. The van der Waals surface area contributed by atoms with Gasteiger partial charge >= 0.3 is 0 Å². The minimum absolute atomic E-state index is 0.0642. The van der Waals surface area contributed by atoms with Crippen LogP contribution in [0, 0.1) is 5.82 Å². The number of hydrogen-bond acceptors (Lipinski definition) is 8. The van der Waals surface area contributed by atoms with E-state index in [4.69, 9.17) is 4.74 Å². The highest BCUT2D eigenvalue weighted by atomic mass is 19.1. The molecule has 4 amide bonds. The smallest absolute Gasteiger partial charge is 0.270 e. The van der Waals surface area contributed by atoms with E-state index in [9.17, 15) is 23.6 Å². The molecular weight excluding hydrogens is 511 g/mol. The number of rotatable bonds is 6. The molecule has 0 spiro atoms. The quantitative estimate of drug-likeness (QED) is 0.398. The van der Waals surface area contributed by atoms with Gasteiger partial charge in [-0.2, -0.15) is 5.10 Å². The van der Waals surface area contributed by atoms with Gasteiger partial charge in [0.2, 0.25) is 5.91 Å². The molecule has 5 rings (SSSR count). The maximum atomic E-state index is 14.4. The third-order valence-electron chi connectivity index (χ3n) is 6.56. The molecule has 2 aromatic heterocycles. The van der Waals surface area contributed by atoms with Crippen LogP contribution in [0.3, 0.4) is 0 Å². The van der Waals surface area contributed by atoms with Crippen molar-refractivity contribution in [2.45, 2.75) is 19.5 Å². The highest BCUT2D eigenvalue weighted by Crippen LogP contribution is 2.28. The Bertz CT molecular complexity index is 1470. The van der Waals surface area contributed by atoms with E-state index < -0.39 is 23.7 Å². The summed E-state index contributed by atoms with van der Waals surface area (Å²) in [5, 5.41) is 11.9. The molecule has 204 valence electrons. The number of halogens is 1. The summed E-state index contributed by atoms with van der Waals surface area (Å²) in [6.07, 6.45) is 0.892. The lowest BCUT2D eigenvalue weighted by molar-refractivity contribution is -0.134. The third-order valence-corrected chi connectivity index (χ3v) is 6.56. The first-order chi connectivity index (χ1) is 18.7. The number of nitrogens with one attached hydrogen (secondary N) is 3. The highest BCUT2D eigenvalue weighted by molar-refractivity contribution is 6.00. The minimum atomic E-state index is -0.852. The molecule has 2 aliphatic heterocycles. The van der Waals surface area contributed by atoms with E-state index in [2.05, 4.69) is 30.9 Å². The number of nitrogens with zero attached hydrogens (tertiary/aromatic N) is 5. The predicted octanol–water partition coefficient (Wildman–Crippen LogP) is 0.0216. The number of carbonyl (C=O) groups is 4. The number of ether oxygens (including phenoxy) is 1. The van der Waals surface area contributed by atoms with Gasteiger partial charge in [0.15, 0.2) is 18.1 Å². The normalized spacial score (nSPS) is 16.2. The van der Waals surface area contributed by atoms with Gasteiger partial charge < -0.3 is 30.5 Å². The van der Waals surface area contributed by atoms with Crippen molar-refractivity contribution in [3.8, 4) is 5.75 Å². The zero-order chi connectivity index (χ0) is 27.7. The number of aromatic nitrogens is 3. The van der Waals surface area contributed by atoms with Crippen LogP contribution in [0.5, 0.6) is 5.75 Å². The summed E-state index contributed by atoms with van der Waals surface area (Å²) in [6.45, 7) is 4.13. The van der Waals surface area contributed by atoms with Crippen LogP contribution in [0.1, 0.15) is 33.5 Å². The summed E-state index contributed by atoms with van der Waals surface area (Å²) < 4.78 is 20.7. The van der Waals surface area contributed by atoms with Crippen LogP contribution in [0.2, 0.25) is 0 Å². The Morgan fingerprint density at radius 3 is 2.69 bits per heavy atom. The fraction of sp³-hybridized carbons (Fsp3) is 0.360. The van der Waals surface area contributed by atoms with E-state index in [1.165, 1.54) is 6.07 Å². The molecule has 0 aliphatic carbocycles. The number of benzene rings is 1. The summed E-state index contributed by atoms with van der Waals surface area (Å²) in [5.74, 6) is -2.19. The van der Waals surface area contributed by atoms with Gasteiger partial charge in [0.05, 0.1) is 11.9 Å². The Balaban J connectivity index is 1.31. The Morgan fingerprint density at radius 1 is 1.15 bits per heavy atom. The average Bonchev–Trinajstić information content (AvgIpc) is 3.31. The molecule has 1 fully saturated rings. The van der Waals surface area contributed by atoms with E-state index in [0.717, 1.165) is 23.8 Å². The Hall–Kier alpha value is -4.59. The Labute approximate surface area is 222 Å². The van der Waals surface area contributed by atoms with Crippen molar-refractivity contribution >= 4 is 35.0 Å². The first-order valence-corrected chi connectivity index (χ1v) is 12.4. The fourth-order valence-corrected chi connectivity index (χ4v) is 4.36. The van der Waals surface area contributed by atoms with E-state index in [0.29, 0.717) is 30.1 Å². The highest BCUT2D eigenvalue weighted by Gasteiger charge is 2.27. The summed E-state index contributed by atoms with van der Waals surface area (Å²) in [4.78, 5) is 58.4. The average molecular weight is 539 g/mol. The summed E-state index contributed by atoms with van der Waals surface area (Å²) in [7, 11) is 1.97. The Kier molecular flexibility index (Phi) is 7.11. The molecule has 13 nitrogen and oxygen atoms in total. The van der Waals surface area contributed by atoms with Crippen molar-refractivity contribution in [1.82, 2.24) is 35.0 Å². The third kappa shape index (κ3) is 5.50. The molecule has 4 heterocycles. The van der Waals surface area contributed by atoms with Crippen molar-refractivity contribution in [3.05, 3.63) is 53.2 Å². The molecule has 3 aromatic rings. The van der Waals surface area contributed by atoms with Crippen molar-refractivity contribution < 1.29 is 28.3 Å². The number of hydrogen-bond donors (Lipinski definition) is 3. The van der Waals surface area contributed by atoms with Gasteiger partial charge in [-0.25, -0.2) is 13.9 Å². The second-order valence-corrected chi connectivity index (χ2v) is 9.43. The molecule has 1 atom stereocenters. The molecule has 2 aliphatic rings. The second-order valence-electron chi connectivity index (χ2n) is 9.43.